The topological polar surface area (TPSA) is 48.8 Å². The Labute approximate surface area is 318 Å². The highest BCUT2D eigenvalue weighted by Gasteiger charge is 2.20. The lowest BCUT2D eigenvalue weighted by molar-refractivity contribution is -0.572. The van der Waals surface area contributed by atoms with Crippen molar-refractivity contribution in [3.63, 3.8) is 0 Å². The molecule has 0 N–H and O–H groups in total. The summed E-state index contributed by atoms with van der Waals surface area (Å²) in [6.07, 6.45) is 3.87. The highest BCUT2D eigenvalue weighted by molar-refractivity contribution is 6.09. The maximum atomic E-state index is 8.83. The Hall–Kier alpha value is -5.75. The molecule has 0 aliphatic heterocycles. The first-order valence-corrected chi connectivity index (χ1v) is 18.3. The fourth-order valence-electron chi connectivity index (χ4n) is 6.95. The van der Waals surface area contributed by atoms with Crippen molar-refractivity contribution < 1.29 is 14.8 Å². The number of benzene rings is 4. The van der Waals surface area contributed by atoms with Crippen molar-refractivity contribution in [2.24, 2.45) is 11.8 Å². The van der Waals surface area contributed by atoms with E-state index in [1.54, 1.807) is 18.5 Å². The maximum Gasteiger partial charge on any atom is 0.271 e. The van der Waals surface area contributed by atoms with Gasteiger partial charge in [-0.1, -0.05) is 96.5 Å². The Morgan fingerprint density at radius 1 is 0.679 bits per heavy atom. The fourth-order valence-corrected chi connectivity index (χ4v) is 6.95. The minimum absolute atomic E-state index is 0.0501. The molecular formula is C47H47N5O. The van der Waals surface area contributed by atoms with Crippen molar-refractivity contribution in [1.29, 1.82) is 0 Å². The van der Waals surface area contributed by atoms with Gasteiger partial charge in [-0.2, -0.15) is 0 Å². The summed E-state index contributed by atoms with van der Waals surface area (Å²) in [5, 5.41) is 2.13. The fraction of sp³-hybridized carbons (Fsp3) is 0.255. The van der Waals surface area contributed by atoms with Crippen LogP contribution < -0.4 is 9.30 Å². The van der Waals surface area contributed by atoms with Gasteiger partial charge in [0.05, 0.1) is 27.8 Å². The Balaban J connectivity index is 1.21. The molecule has 0 bridgehead atoms. The SMILES string of the molecule is [2H]C([2H])(c1cccc(-[n+]2[c-]n(-c3cc(Oc4ccc5c6cc(C(C)(C)C)ccc6n(-c6cc(C([2H])([2H])C(C)C)ccn6)c5c4)ccn3)c3ccccc32)c1)C(C)C. The molecule has 4 aromatic heterocycles. The van der Waals surface area contributed by atoms with Crippen LogP contribution in [-0.2, 0) is 18.2 Å². The molecule has 0 saturated carbocycles. The average molecular weight is 702 g/mol. The van der Waals surface area contributed by atoms with Gasteiger partial charge in [-0.15, -0.1) is 0 Å². The van der Waals surface area contributed by atoms with Gasteiger partial charge >= 0.3 is 0 Å². The minimum Gasteiger partial charge on any atom is -0.458 e. The van der Waals surface area contributed by atoms with Crippen LogP contribution in [0.5, 0.6) is 11.5 Å². The van der Waals surface area contributed by atoms with Gasteiger partial charge in [-0.3, -0.25) is 18.7 Å². The Kier molecular flexibility index (Phi) is 7.68. The number of nitrogens with zero attached hydrogens (tertiary/aromatic N) is 5. The molecule has 0 spiro atoms. The van der Waals surface area contributed by atoms with Crippen molar-refractivity contribution in [2.45, 2.75) is 66.6 Å². The van der Waals surface area contributed by atoms with Crippen molar-refractivity contribution in [3.05, 3.63) is 145 Å². The van der Waals surface area contributed by atoms with E-state index in [2.05, 4.69) is 55.9 Å². The van der Waals surface area contributed by atoms with E-state index in [1.165, 1.54) is 5.56 Å². The molecule has 8 aromatic rings. The zero-order valence-electron chi connectivity index (χ0n) is 35.3. The number of hydrogen-bond acceptors (Lipinski definition) is 3. The third kappa shape index (κ3) is 6.82. The number of imidazole rings is 1. The molecule has 0 amide bonds. The molecule has 0 radical (unpaired) electrons. The third-order valence-corrected chi connectivity index (χ3v) is 9.34. The van der Waals surface area contributed by atoms with Crippen LogP contribution in [0.4, 0.5) is 0 Å². The predicted molar refractivity (Wildman–Crippen MR) is 216 cm³/mol. The van der Waals surface area contributed by atoms with E-state index >= 15 is 0 Å². The van der Waals surface area contributed by atoms with Crippen LogP contribution in [0.2, 0.25) is 0 Å². The van der Waals surface area contributed by atoms with E-state index < -0.39 is 12.7 Å². The molecule has 0 saturated heterocycles. The standard InChI is InChI=1S/C47H47N5O/c1-31(2)23-33-11-10-12-36(25-33)50-30-51(43-14-9-8-13-42(43)50)45-29-38(20-22-48-45)53-37-16-17-39-40-27-35(47(5,6)7)15-18-41(40)52(44(39)28-37)46-26-34(19-21-49-46)24-32(3)4/h8-22,25-29,31-32H,23-24H2,1-7H3/i23D2,24D2. The second kappa shape index (κ2) is 13.7. The van der Waals surface area contributed by atoms with Crippen LogP contribution in [0.25, 0.3) is 50.2 Å². The second-order valence-corrected chi connectivity index (χ2v) is 15.3. The van der Waals surface area contributed by atoms with Crippen LogP contribution in [0, 0.1) is 18.2 Å². The number of fused-ring (bicyclic) bond motifs is 4. The van der Waals surface area contributed by atoms with E-state index in [9.17, 15) is 0 Å². The number of rotatable bonds is 9. The molecule has 53 heavy (non-hydrogen) atoms. The minimum atomic E-state index is -1.53. The van der Waals surface area contributed by atoms with E-state index in [-0.39, 0.29) is 17.3 Å². The van der Waals surface area contributed by atoms with Crippen LogP contribution >= 0.6 is 0 Å². The molecular weight excluding hydrogens is 651 g/mol. The summed E-state index contributed by atoms with van der Waals surface area (Å²) in [6.45, 7) is 14.2. The maximum absolute atomic E-state index is 8.83. The first-order chi connectivity index (χ1) is 27.0. The van der Waals surface area contributed by atoms with E-state index in [1.807, 2.05) is 116 Å². The van der Waals surface area contributed by atoms with Gasteiger partial charge in [-0.25, -0.2) is 4.98 Å². The number of aromatic nitrogens is 5. The summed E-state index contributed by atoms with van der Waals surface area (Å²) >= 11 is 0. The van der Waals surface area contributed by atoms with Crippen LogP contribution in [0.3, 0.4) is 0 Å². The van der Waals surface area contributed by atoms with Gasteiger partial charge in [0.2, 0.25) is 0 Å². The molecule has 4 heterocycles. The molecule has 0 aliphatic rings. The van der Waals surface area contributed by atoms with Crippen molar-refractivity contribution in [2.75, 3.05) is 0 Å². The van der Waals surface area contributed by atoms with Crippen LogP contribution in [-0.4, -0.2) is 19.1 Å². The molecule has 266 valence electrons. The molecule has 8 rings (SSSR count). The van der Waals surface area contributed by atoms with Crippen LogP contribution in [0.1, 0.15) is 70.6 Å². The monoisotopic (exact) mass is 701 g/mol. The highest BCUT2D eigenvalue weighted by Crippen LogP contribution is 2.37. The van der Waals surface area contributed by atoms with E-state index in [0.717, 1.165) is 38.5 Å². The zero-order chi connectivity index (χ0) is 40.4. The van der Waals surface area contributed by atoms with Gasteiger partial charge in [0.1, 0.15) is 17.3 Å². The molecule has 0 unspecified atom stereocenters. The quantitative estimate of drug-likeness (QED) is 0.111. The van der Waals surface area contributed by atoms with Crippen molar-refractivity contribution in [1.82, 2.24) is 19.1 Å². The lowest BCUT2D eigenvalue weighted by Gasteiger charge is -2.19. The zero-order valence-corrected chi connectivity index (χ0v) is 31.3. The molecule has 4 aromatic carbocycles. The van der Waals surface area contributed by atoms with Gasteiger partial charge in [0.25, 0.3) is 6.33 Å². The molecule has 0 aliphatic carbocycles. The van der Waals surface area contributed by atoms with Crippen molar-refractivity contribution >= 4 is 32.8 Å². The number of hydrogen-bond donors (Lipinski definition) is 0. The lowest BCUT2D eigenvalue weighted by atomic mass is 9.86. The number of para-hydroxylation sites is 2. The van der Waals surface area contributed by atoms with Gasteiger partial charge in [0.15, 0.2) is 5.82 Å². The summed E-state index contributed by atoms with van der Waals surface area (Å²) in [4.78, 5) is 9.50. The molecule has 6 nitrogen and oxygen atoms in total. The predicted octanol–water partition coefficient (Wildman–Crippen LogP) is 11.1. The Bertz CT molecular complexity index is 2790. The first-order valence-electron chi connectivity index (χ1n) is 20.3. The molecule has 0 fully saturated rings. The largest absolute Gasteiger partial charge is 0.458 e. The molecule has 0 atom stereocenters. The van der Waals surface area contributed by atoms with Gasteiger partial charge in [0, 0.05) is 40.8 Å². The molecule has 6 heteroatoms. The average Bonchev–Trinajstić information content (AvgIpc) is 3.73. The summed E-state index contributed by atoms with van der Waals surface area (Å²) in [5.41, 5.74) is 6.83. The van der Waals surface area contributed by atoms with Gasteiger partial charge in [-0.05, 0) is 95.7 Å². The first kappa shape index (κ1) is 29.8. The highest BCUT2D eigenvalue weighted by atomic mass is 16.5. The van der Waals surface area contributed by atoms with E-state index in [0.29, 0.717) is 34.3 Å². The third-order valence-electron chi connectivity index (χ3n) is 9.34. The van der Waals surface area contributed by atoms with E-state index in [4.69, 9.17) is 20.2 Å². The Morgan fingerprint density at radius 3 is 2.21 bits per heavy atom. The Morgan fingerprint density at radius 2 is 1.42 bits per heavy atom. The lowest BCUT2D eigenvalue weighted by Crippen LogP contribution is -2.29. The normalized spacial score (nSPS) is 13.8. The summed E-state index contributed by atoms with van der Waals surface area (Å²) in [7, 11) is 0. The number of pyridine rings is 2. The van der Waals surface area contributed by atoms with Crippen molar-refractivity contribution in [3.8, 4) is 28.8 Å². The van der Waals surface area contributed by atoms with Crippen LogP contribution in [0.15, 0.2) is 122 Å². The second-order valence-electron chi connectivity index (χ2n) is 15.3. The summed E-state index contributed by atoms with van der Waals surface area (Å²) in [5.74, 6) is 2.06. The number of ether oxygens (including phenoxy) is 1. The smallest absolute Gasteiger partial charge is 0.271 e. The summed E-state index contributed by atoms with van der Waals surface area (Å²) < 4.78 is 47.6. The summed E-state index contributed by atoms with van der Waals surface area (Å²) in [6, 6.07) is 35.6. The van der Waals surface area contributed by atoms with Gasteiger partial charge < -0.3 is 4.74 Å².